The normalized spacial score (nSPS) is 10.2. The molecular weight excluding hydrogens is 254 g/mol. The van der Waals surface area contributed by atoms with Gasteiger partial charge in [0.1, 0.15) is 5.75 Å². The van der Waals surface area contributed by atoms with Crippen LogP contribution in [0.4, 0.5) is 0 Å². The van der Waals surface area contributed by atoms with Crippen molar-refractivity contribution in [2.45, 2.75) is 13.8 Å². The standard InChI is InChI=1S/C15H17NO3.CH4/c1-16(2)19-15(17)9-11-4-5-13-10-14(18-3)7-6-12(13)8-11;/h4-8,10H,9H2,1-3H3;1H4. The van der Waals surface area contributed by atoms with Crippen molar-refractivity contribution in [1.82, 2.24) is 5.06 Å². The zero-order valence-corrected chi connectivity index (χ0v) is 11.3. The van der Waals surface area contributed by atoms with Gasteiger partial charge in [-0.25, -0.2) is 4.79 Å². The van der Waals surface area contributed by atoms with Gasteiger partial charge in [0.05, 0.1) is 13.5 Å². The fourth-order valence-electron chi connectivity index (χ4n) is 1.91. The maximum absolute atomic E-state index is 11.6. The predicted molar refractivity (Wildman–Crippen MR) is 80.7 cm³/mol. The number of carbonyl (C=O) groups excluding carboxylic acids is 1. The van der Waals surface area contributed by atoms with E-state index in [0.29, 0.717) is 0 Å². The maximum atomic E-state index is 11.6. The van der Waals surface area contributed by atoms with Crippen LogP contribution in [0.25, 0.3) is 10.8 Å². The Hall–Kier alpha value is -2.07. The lowest BCUT2D eigenvalue weighted by atomic mass is 10.0. The fraction of sp³-hybridized carbons (Fsp3) is 0.312. The molecule has 0 fully saturated rings. The van der Waals surface area contributed by atoms with E-state index in [1.54, 1.807) is 21.2 Å². The zero-order chi connectivity index (χ0) is 13.8. The van der Waals surface area contributed by atoms with Crippen molar-refractivity contribution in [2.24, 2.45) is 0 Å². The number of fused-ring (bicyclic) bond motifs is 1. The third-order valence-corrected chi connectivity index (χ3v) is 2.74. The molecule has 0 saturated heterocycles. The molecule has 2 rings (SSSR count). The molecule has 0 aliphatic carbocycles. The van der Waals surface area contributed by atoms with Crippen molar-refractivity contribution in [2.75, 3.05) is 21.2 Å². The summed E-state index contributed by atoms with van der Waals surface area (Å²) >= 11 is 0. The van der Waals surface area contributed by atoms with Crippen molar-refractivity contribution in [3.05, 3.63) is 42.0 Å². The van der Waals surface area contributed by atoms with Crippen molar-refractivity contribution >= 4 is 16.7 Å². The van der Waals surface area contributed by atoms with E-state index >= 15 is 0 Å². The van der Waals surface area contributed by atoms with Gasteiger partial charge in [-0.3, -0.25) is 0 Å². The van der Waals surface area contributed by atoms with E-state index < -0.39 is 0 Å². The Balaban J connectivity index is 0.00000200. The van der Waals surface area contributed by atoms with Crippen LogP contribution in [0.15, 0.2) is 36.4 Å². The van der Waals surface area contributed by atoms with E-state index in [4.69, 9.17) is 9.57 Å². The van der Waals surface area contributed by atoms with Crippen molar-refractivity contribution in [3.63, 3.8) is 0 Å². The molecule has 0 aliphatic rings. The molecule has 0 atom stereocenters. The van der Waals surface area contributed by atoms with E-state index in [0.717, 1.165) is 22.1 Å². The molecule has 0 saturated carbocycles. The average Bonchev–Trinajstić information content (AvgIpc) is 2.37. The minimum Gasteiger partial charge on any atom is -0.497 e. The maximum Gasteiger partial charge on any atom is 0.329 e. The first-order valence-corrected chi connectivity index (χ1v) is 6.03. The van der Waals surface area contributed by atoms with Crippen molar-refractivity contribution in [3.8, 4) is 5.75 Å². The van der Waals surface area contributed by atoms with Crippen LogP contribution >= 0.6 is 0 Å². The third-order valence-electron chi connectivity index (χ3n) is 2.74. The molecule has 0 radical (unpaired) electrons. The first kappa shape index (κ1) is 16.0. The van der Waals surface area contributed by atoms with E-state index in [1.807, 2.05) is 36.4 Å². The second-order valence-corrected chi connectivity index (χ2v) is 4.50. The van der Waals surface area contributed by atoms with Crippen LogP contribution in [-0.2, 0) is 16.1 Å². The van der Waals surface area contributed by atoms with E-state index in [2.05, 4.69) is 0 Å². The van der Waals surface area contributed by atoms with Gasteiger partial charge in [0.2, 0.25) is 0 Å². The van der Waals surface area contributed by atoms with Gasteiger partial charge in [-0.2, -0.15) is 0 Å². The monoisotopic (exact) mass is 275 g/mol. The van der Waals surface area contributed by atoms with Gasteiger partial charge in [-0.1, -0.05) is 31.7 Å². The Morgan fingerprint density at radius 2 is 1.75 bits per heavy atom. The molecule has 0 amide bonds. The van der Waals surface area contributed by atoms with Crippen LogP contribution in [0, 0.1) is 0 Å². The van der Waals surface area contributed by atoms with E-state index in [-0.39, 0.29) is 19.8 Å². The Labute approximate surface area is 119 Å². The number of nitrogens with zero attached hydrogens (tertiary/aromatic N) is 1. The zero-order valence-electron chi connectivity index (χ0n) is 11.3. The van der Waals surface area contributed by atoms with Crippen LogP contribution < -0.4 is 4.74 Å². The van der Waals surface area contributed by atoms with Gasteiger partial charge < -0.3 is 9.57 Å². The lowest BCUT2D eigenvalue weighted by Crippen LogP contribution is -2.19. The van der Waals surface area contributed by atoms with Gasteiger partial charge in [0.25, 0.3) is 0 Å². The van der Waals surface area contributed by atoms with Crippen LogP contribution in [0.1, 0.15) is 13.0 Å². The summed E-state index contributed by atoms with van der Waals surface area (Å²) < 4.78 is 5.18. The molecule has 4 heteroatoms. The third kappa shape index (κ3) is 3.96. The Morgan fingerprint density at radius 1 is 1.10 bits per heavy atom. The highest BCUT2D eigenvalue weighted by Crippen LogP contribution is 2.22. The molecule has 0 unspecified atom stereocenters. The van der Waals surface area contributed by atoms with Gasteiger partial charge in [-0.15, -0.1) is 5.06 Å². The summed E-state index contributed by atoms with van der Waals surface area (Å²) in [6, 6.07) is 11.8. The first-order valence-electron chi connectivity index (χ1n) is 6.03. The Morgan fingerprint density at radius 3 is 2.40 bits per heavy atom. The molecule has 2 aromatic carbocycles. The summed E-state index contributed by atoms with van der Waals surface area (Å²) in [5.74, 6) is 0.560. The SMILES string of the molecule is C.COc1ccc2cc(CC(=O)ON(C)C)ccc2c1. The molecule has 4 nitrogen and oxygen atoms in total. The quantitative estimate of drug-likeness (QED) is 0.804. The summed E-state index contributed by atoms with van der Waals surface area (Å²) in [7, 11) is 5.02. The molecule has 0 heterocycles. The van der Waals surface area contributed by atoms with Gasteiger partial charge in [0.15, 0.2) is 0 Å². The van der Waals surface area contributed by atoms with Crippen LogP contribution in [0.2, 0.25) is 0 Å². The number of ether oxygens (including phenoxy) is 1. The summed E-state index contributed by atoms with van der Waals surface area (Å²) in [5, 5.41) is 3.56. The number of carbonyl (C=O) groups is 1. The highest BCUT2D eigenvalue weighted by Gasteiger charge is 2.07. The second kappa shape index (κ2) is 6.91. The van der Waals surface area contributed by atoms with E-state index in [9.17, 15) is 4.79 Å². The van der Waals surface area contributed by atoms with Crippen LogP contribution in [0.5, 0.6) is 5.75 Å². The molecule has 0 spiro atoms. The summed E-state index contributed by atoms with van der Waals surface area (Å²) in [6.07, 6.45) is 0.264. The highest BCUT2D eigenvalue weighted by atomic mass is 16.7. The molecule has 108 valence electrons. The predicted octanol–water partition coefficient (Wildman–Crippen LogP) is 3.05. The first-order chi connectivity index (χ1) is 9.08. The molecular formula is C16H21NO3. The fourth-order valence-corrected chi connectivity index (χ4v) is 1.91. The smallest absolute Gasteiger partial charge is 0.329 e. The summed E-state index contributed by atoms with van der Waals surface area (Å²) in [4.78, 5) is 16.6. The van der Waals surface area contributed by atoms with Gasteiger partial charge >= 0.3 is 5.97 Å². The Kier molecular flexibility index (Phi) is 5.53. The summed E-state index contributed by atoms with van der Waals surface area (Å²) in [5.41, 5.74) is 0.935. The van der Waals surface area contributed by atoms with E-state index in [1.165, 1.54) is 5.06 Å². The number of hydroxylamine groups is 2. The number of benzene rings is 2. The largest absolute Gasteiger partial charge is 0.497 e. The Bertz CT molecular complexity index is 593. The number of hydrogen-bond donors (Lipinski definition) is 0. The lowest BCUT2D eigenvalue weighted by Gasteiger charge is -2.10. The molecule has 0 N–H and O–H groups in total. The molecule has 0 aromatic heterocycles. The lowest BCUT2D eigenvalue weighted by molar-refractivity contribution is -0.177. The number of methoxy groups -OCH3 is 1. The summed E-state index contributed by atoms with van der Waals surface area (Å²) in [6.45, 7) is 0. The minimum atomic E-state index is -0.266. The second-order valence-electron chi connectivity index (χ2n) is 4.50. The molecule has 20 heavy (non-hydrogen) atoms. The van der Waals surface area contributed by atoms with Crippen molar-refractivity contribution < 1.29 is 14.4 Å². The van der Waals surface area contributed by atoms with Gasteiger partial charge in [-0.05, 0) is 28.5 Å². The topological polar surface area (TPSA) is 38.8 Å². The average molecular weight is 275 g/mol. The highest BCUT2D eigenvalue weighted by molar-refractivity contribution is 5.85. The van der Waals surface area contributed by atoms with Crippen LogP contribution in [-0.4, -0.2) is 32.2 Å². The number of hydrogen-bond acceptors (Lipinski definition) is 4. The van der Waals surface area contributed by atoms with Crippen LogP contribution in [0.3, 0.4) is 0 Å². The number of rotatable bonds is 4. The van der Waals surface area contributed by atoms with Gasteiger partial charge in [0, 0.05) is 14.1 Å². The molecule has 0 aliphatic heterocycles. The van der Waals surface area contributed by atoms with Crippen molar-refractivity contribution in [1.29, 1.82) is 0 Å². The molecule has 0 bridgehead atoms. The molecule has 2 aromatic rings. The minimum absolute atomic E-state index is 0.